The molecule has 0 saturated carbocycles. The summed E-state index contributed by atoms with van der Waals surface area (Å²) in [6.07, 6.45) is 3.51. The number of hydrogen-bond donors (Lipinski definition) is 2. The average Bonchev–Trinajstić information content (AvgIpc) is 2.52. The van der Waals surface area contributed by atoms with E-state index in [1.165, 1.54) is 6.07 Å². The van der Waals surface area contributed by atoms with E-state index in [-0.39, 0.29) is 89.1 Å². The van der Waals surface area contributed by atoms with Crippen molar-refractivity contribution in [3.05, 3.63) is 53.3 Å². The SMILES string of the molecule is O=C([O-])c1c(OCc2ccncc2)ccc2c1O[B-](O)(O)CC2.[Na+].[Na+]. The number of nitrogens with zero attached hydrogens (tertiary/aromatic N) is 1. The predicted molar refractivity (Wildman–Crippen MR) is 78.7 cm³/mol. The van der Waals surface area contributed by atoms with Crippen LogP contribution >= 0.6 is 0 Å². The van der Waals surface area contributed by atoms with Crippen LogP contribution < -0.4 is 73.6 Å². The minimum Gasteiger partial charge on any atom is -0.669 e. The van der Waals surface area contributed by atoms with Crippen molar-refractivity contribution in [2.24, 2.45) is 0 Å². The standard InChI is InChI=1S/C15H15BNO6.2Na/c18-15(19)13-12(22-9-10-4-7-17-8-5-10)2-1-11-3-6-16(20,21)23-14(11)13;;/h1-2,4-5,7-8,20-21H,3,6,9H2,(H,18,19);;/q-1;2*+1/p-1. The first kappa shape index (κ1) is 22.5. The predicted octanol–water partition coefficient (Wildman–Crippen LogP) is -6.11. The molecule has 0 unspecified atom stereocenters. The Morgan fingerprint density at radius 3 is 2.56 bits per heavy atom. The van der Waals surface area contributed by atoms with Gasteiger partial charge in [0.1, 0.15) is 12.4 Å². The quantitative estimate of drug-likeness (QED) is 0.522. The minimum atomic E-state index is -3.07. The van der Waals surface area contributed by atoms with Gasteiger partial charge in [-0.2, -0.15) is 0 Å². The topological polar surface area (TPSA) is 112 Å². The fourth-order valence-electron chi connectivity index (χ4n) is 2.48. The fourth-order valence-corrected chi connectivity index (χ4v) is 2.48. The third-order valence-electron chi connectivity index (χ3n) is 3.65. The average molecular weight is 361 g/mol. The Kier molecular flexibility index (Phi) is 8.44. The summed E-state index contributed by atoms with van der Waals surface area (Å²) in [5, 5.41) is 30.8. The first-order valence-corrected chi connectivity index (χ1v) is 7.14. The smallest absolute Gasteiger partial charge is 0.669 e. The summed E-state index contributed by atoms with van der Waals surface area (Å²) in [7, 11) is 0. The van der Waals surface area contributed by atoms with Gasteiger partial charge in [0, 0.05) is 12.4 Å². The normalized spacial score (nSPS) is 14.2. The van der Waals surface area contributed by atoms with Crippen molar-refractivity contribution >= 4 is 12.7 Å². The van der Waals surface area contributed by atoms with Gasteiger partial charge in [-0.25, -0.2) is 0 Å². The number of carboxylic acid groups (broad SMARTS) is 1. The number of rotatable bonds is 4. The number of aryl methyl sites for hydroxylation is 1. The van der Waals surface area contributed by atoms with Gasteiger partial charge in [0.05, 0.1) is 17.3 Å². The second-order valence-corrected chi connectivity index (χ2v) is 5.37. The van der Waals surface area contributed by atoms with Gasteiger partial charge in [-0.05, 0) is 35.7 Å². The molecule has 0 saturated heterocycles. The van der Waals surface area contributed by atoms with Crippen LogP contribution in [0.15, 0.2) is 36.7 Å². The molecule has 0 atom stereocenters. The van der Waals surface area contributed by atoms with E-state index in [0.717, 1.165) is 5.56 Å². The number of aromatic nitrogens is 1. The maximum atomic E-state index is 11.5. The van der Waals surface area contributed by atoms with Crippen molar-refractivity contribution in [1.29, 1.82) is 0 Å². The summed E-state index contributed by atoms with van der Waals surface area (Å²) in [5.74, 6) is -1.55. The van der Waals surface area contributed by atoms with Crippen molar-refractivity contribution in [1.82, 2.24) is 4.98 Å². The molecular formula is C15H14BNNa2O6. The molecule has 1 aromatic heterocycles. The van der Waals surface area contributed by atoms with E-state index in [1.54, 1.807) is 30.6 Å². The summed E-state index contributed by atoms with van der Waals surface area (Å²) >= 11 is 0. The molecule has 1 aliphatic rings. The summed E-state index contributed by atoms with van der Waals surface area (Å²) in [6.45, 7) is -2.93. The summed E-state index contributed by atoms with van der Waals surface area (Å²) < 4.78 is 10.6. The van der Waals surface area contributed by atoms with Crippen molar-refractivity contribution in [2.75, 3.05) is 0 Å². The summed E-state index contributed by atoms with van der Waals surface area (Å²) in [6, 6.07) is 6.64. The number of fused-ring (bicyclic) bond motifs is 1. The van der Waals surface area contributed by atoms with Crippen LogP contribution in [-0.4, -0.2) is 27.8 Å². The van der Waals surface area contributed by atoms with Gasteiger partial charge in [-0.15, -0.1) is 0 Å². The van der Waals surface area contributed by atoms with E-state index >= 15 is 0 Å². The maximum absolute atomic E-state index is 11.5. The molecule has 120 valence electrons. The van der Waals surface area contributed by atoms with Crippen LogP contribution in [-0.2, 0) is 13.0 Å². The molecule has 0 fully saturated rings. The molecule has 0 radical (unpaired) electrons. The van der Waals surface area contributed by atoms with Crippen LogP contribution in [0.25, 0.3) is 0 Å². The van der Waals surface area contributed by atoms with Crippen molar-refractivity contribution in [3.8, 4) is 11.5 Å². The zero-order chi connectivity index (χ0) is 16.4. The van der Waals surface area contributed by atoms with E-state index in [4.69, 9.17) is 9.39 Å². The molecule has 2 N–H and O–H groups in total. The monoisotopic (exact) mass is 361 g/mol. The molecule has 0 bridgehead atoms. The molecule has 7 nitrogen and oxygen atoms in total. The van der Waals surface area contributed by atoms with E-state index in [2.05, 4.69) is 4.98 Å². The number of aromatic carboxylic acids is 1. The first-order chi connectivity index (χ1) is 11.0. The Morgan fingerprint density at radius 1 is 1.24 bits per heavy atom. The van der Waals surface area contributed by atoms with Gasteiger partial charge in [0.2, 0.25) is 0 Å². The maximum Gasteiger partial charge on any atom is 1.00 e. The molecule has 0 spiro atoms. The van der Waals surface area contributed by atoms with Crippen LogP contribution in [0.4, 0.5) is 0 Å². The molecular weight excluding hydrogens is 347 g/mol. The molecule has 25 heavy (non-hydrogen) atoms. The molecule has 0 amide bonds. The van der Waals surface area contributed by atoms with Crippen molar-refractivity contribution in [2.45, 2.75) is 19.3 Å². The molecule has 10 heteroatoms. The van der Waals surface area contributed by atoms with Crippen LogP contribution in [0.2, 0.25) is 6.32 Å². The zero-order valence-corrected chi connectivity index (χ0v) is 18.1. The van der Waals surface area contributed by atoms with E-state index in [1.807, 2.05) is 0 Å². The van der Waals surface area contributed by atoms with Gasteiger partial charge in [-0.1, -0.05) is 12.4 Å². The van der Waals surface area contributed by atoms with Crippen molar-refractivity contribution < 1.29 is 88.5 Å². The van der Waals surface area contributed by atoms with Crippen molar-refractivity contribution in [3.63, 3.8) is 0 Å². The number of hydrogen-bond acceptors (Lipinski definition) is 7. The van der Waals surface area contributed by atoms with E-state index in [9.17, 15) is 19.9 Å². The molecule has 2 aromatic rings. The molecule has 0 aliphatic carbocycles. The van der Waals surface area contributed by atoms with Gasteiger partial charge in [0.15, 0.2) is 0 Å². The molecule has 1 aliphatic heterocycles. The molecule has 2 heterocycles. The van der Waals surface area contributed by atoms with Crippen LogP contribution in [0.3, 0.4) is 0 Å². The number of ether oxygens (including phenoxy) is 1. The Bertz CT molecular complexity index is 744. The number of carbonyl (C=O) groups excluding carboxylic acids is 1. The number of carboxylic acids is 1. The Balaban J connectivity index is 0.00000156. The van der Waals surface area contributed by atoms with Crippen LogP contribution in [0.5, 0.6) is 11.5 Å². The van der Waals surface area contributed by atoms with E-state index < -0.39 is 12.7 Å². The first-order valence-electron chi connectivity index (χ1n) is 7.14. The summed E-state index contributed by atoms with van der Waals surface area (Å²) in [4.78, 5) is 15.4. The van der Waals surface area contributed by atoms with Gasteiger partial charge in [0.25, 0.3) is 0 Å². The third kappa shape index (κ3) is 5.45. The minimum absolute atomic E-state index is 0. The van der Waals surface area contributed by atoms with Gasteiger partial charge in [-0.3, -0.25) is 4.98 Å². The summed E-state index contributed by atoms with van der Waals surface area (Å²) in [5.41, 5.74) is 1.07. The Morgan fingerprint density at radius 2 is 1.92 bits per heavy atom. The number of benzene rings is 1. The third-order valence-corrected chi connectivity index (χ3v) is 3.65. The van der Waals surface area contributed by atoms with Crippen LogP contribution in [0, 0.1) is 0 Å². The largest absolute Gasteiger partial charge is 1.00 e. The Labute approximate surface area is 189 Å². The second kappa shape index (κ2) is 9.39. The molecule has 1 aromatic carbocycles. The van der Waals surface area contributed by atoms with Crippen LogP contribution in [0.1, 0.15) is 21.5 Å². The Hall–Kier alpha value is -0.575. The second-order valence-electron chi connectivity index (χ2n) is 5.37. The fraction of sp³-hybridized carbons (Fsp3) is 0.200. The van der Waals surface area contributed by atoms with Gasteiger partial charge >= 0.3 is 65.9 Å². The number of carbonyl (C=O) groups is 1. The zero-order valence-electron chi connectivity index (χ0n) is 14.1. The molecule has 3 rings (SSSR count). The van der Waals surface area contributed by atoms with Gasteiger partial charge < -0.3 is 29.3 Å². The number of pyridine rings is 1. The van der Waals surface area contributed by atoms with E-state index in [0.29, 0.717) is 12.0 Å².